The topological polar surface area (TPSA) is 48.8 Å². The van der Waals surface area contributed by atoms with Crippen LogP contribution in [0.15, 0.2) is 24.3 Å². The van der Waals surface area contributed by atoms with E-state index >= 15 is 0 Å². The fraction of sp³-hybridized carbons (Fsp3) is 0.231. The van der Waals surface area contributed by atoms with E-state index < -0.39 is 0 Å². The van der Waals surface area contributed by atoms with E-state index in [9.17, 15) is 0 Å². The highest BCUT2D eigenvalue weighted by atomic mass is 14.9. The van der Waals surface area contributed by atoms with Crippen LogP contribution in [0, 0.1) is 19.3 Å². The van der Waals surface area contributed by atoms with Crippen LogP contribution in [0.3, 0.4) is 0 Å². The van der Waals surface area contributed by atoms with Gasteiger partial charge in [0.25, 0.3) is 0 Å². The molecule has 1 heterocycles. The first-order valence-electron chi connectivity index (χ1n) is 5.27. The average molecular weight is 213 g/mol. The van der Waals surface area contributed by atoms with E-state index in [0.717, 1.165) is 27.7 Å². The van der Waals surface area contributed by atoms with Crippen molar-refractivity contribution in [2.75, 3.05) is 7.05 Å². The minimum absolute atomic E-state index is 0.432. The maximum Gasteiger partial charge on any atom is 0.125 e. The third kappa shape index (κ3) is 1.65. The number of aromatic nitrogens is 1. The summed E-state index contributed by atoms with van der Waals surface area (Å²) in [4.78, 5) is 4.53. The molecule has 1 aromatic heterocycles. The van der Waals surface area contributed by atoms with Crippen LogP contribution in [0.5, 0.6) is 0 Å². The largest absolute Gasteiger partial charge is 0.373 e. The molecule has 0 unspecified atom stereocenters. The lowest BCUT2D eigenvalue weighted by molar-refractivity contribution is 1.14. The molecule has 2 N–H and O–H groups in total. The van der Waals surface area contributed by atoms with Gasteiger partial charge >= 0.3 is 0 Å². The second-order valence-electron chi connectivity index (χ2n) is 3.91. The van der Waals surface area contributed by atoms with Crippen LogP contribution in [0.1, 0.15) is 16.8 Å². The van der Waals surface area contributed by atoms with E-state index in [-0.39, 0.29) is 0 Å². The fourth-order valence-corrected chi connectivity index (χ4v) is 1.86. The van der Waals surface area contributed by atoms with Gasteiger partial charge in [-0.2, -0.15) is 0 Å². The molecule has 0 saturated heterocycles. The van der Waals surface area contributed by atoms with Crippen molar-refractivity contribution in [1.82, 2.24) is 10.3 Å². The lowest BCUT2D eigenvalue weighted by atomic mass is 10.0. The lowest BCUT2D eigenvalue weighted by Gasteiger charge is -2.10. The number of para-hydroxylation sites is 1. The van der Waals surface area contributed by atoms with Gasteiger partial charge in [-0.15, -0.1) is 0 Å². The zero-order valence-corrected chi connectivity index (χ0v) is 9.76. The molecule has 0 amide bonds. The quantitative estimate of drug-likeness (QED) is 0.564. The van der Waals surface area contributed by atoms with Crippen molar-refractivity contribution in [1.29, 1.82) is 5.41 Å². The Hall–Kier alpha value is -1.90. The minimum atomic E-state index is 0.432. The molecule has 0 spiro atoms. The zero-order chi connectivity index (χ0) is 11.7. The molecule has 0 fully saturated rings. The van der Waals surface area contributed by atoms with Gasteiger partial charge in [-0.3, -0.25) is 10.4 Å². The Kier molecular flexibility index (Phi) is 2.60. The molecule has 16 heavy (non-hydrogen) atoms. The number of hydrogen-bond donors (Lipinski definition) is 2. The first-order chi connectivity index (χ1) is 7.63. The van der Waals surface area contributed by atoms with Gasteiger partial charge in [0.15, 0.2) is 0 Å². The van der Waals surface area contributed by atoms with Crippen LogP contribution in [-0.4, -0.2) is 17.9 Å². The molecular weight excluding hydrogens is 198 g/mol. The maximum absolute atomic E-state index is 7.89. The van der Waals surface area contributed by atoms with Crippen LogP contribution in [-0.2, 0) is 0 Å². The van der Waals surface area contributed by atoms with Gasteiger partial charge in [-0.25, -0.2) is 0 Å². The van der Waals surface area contributed by atoms with E-state index in [4.69, 9.17) is 5.41 Å². The van der Waals surface area contributed by atoms with Crippen molar-refractivity contribution in [3.05, 3.63) is 41.1 Å². The van der Waals surface area contributed by atoms with Gasteiger partial charge < -0.3 is 5.32 Å². The number of fused-ring (bicyclic) bond motifs is 1. The summed E-state index contributed by atoms with van der Waals surface area (Å²) in [7, 11) is 1.76. The zero-order valence-electron chi connectivity index (χ0n) is 9.76. The van der Waals surface area contributed by atoms with E-state index in [1.807, 2.05) is 38.1 Å². The van der Waals surface area contributed by atoms with Gasteiger partial charge in [-0.05, 0) is 25.5 Å². The molecule has 0 radical (unpaired) electrons. The summed E-state index contributed by atoms with van der Waals surface area (Å²) in [6.07, 6.45) is 0. The number of nitrogens with one attached hydrogen (secondary N) is 2. The summed E-state index contributed by atoms with van der Waals surface area (Å²) in [6, 6.07) is 8.00. The molecule has 0 atom stereocenters. The van der Waals surface area contributed by atoms with Gasteiger partial charge in [0.2, 0.25) is 0 Å². The molecule has 0 aliphatic rings. The Balaban J connectivity index is 2.83. The normalized spacial score (nSPS) is 10.4. The molecule has 0 bridgehead atoms. The number of aryl methyl sites for hydroxylation is 2. The SMILES string of the molecule is CNC(=N)c1cc(C)nc2c(C)cccc12. The highest BCUT2D eigenvalue weighted by Gasteiger charge is 2.08. The standard InChI is InChI=1S/C13H15N3/c1-8-5-4-6-10-11(13(14)15-3)7-9(2)16-12(8)10/h4-7H,1-3H3,(H2,14,15). The summed E-state index contributed by atoms with van der Waals surface area (Å²) in [5, 5.41) is 11.8. The Morgan fingerprint density at radius 2 is 2.06 bits per heavy atom. The summed E-state index contributed by atoms with van der Waals surface area (Å²) >= 11 is 0. The number of pyridine rings is 1. The summed E-state index contributed by atoms with van der Waals surface area (Å²) in [6.45, 7) is 4.00. The maximum atomic E-state index is 7.89. The van der Waals surface area contributed by atoms with Crippen molar-refractivity contribution in [3.63, 3.8) is 0 Å². The number of nitrogens with zero attached hydrogens (tertiary/aromatic N) is 1. The highest BCUT2D eigenvalue weighted by Crippen LogP contribution is 2.21. The van der Waals surface area contributed by atoms with Gasteiger partial charge in [0, 0.05) is 23.7 Å². The van der Waals surface area contributed by atoms with Crippen molar-refractivity contribution >= 4 is 16.7 Å². The van der Waals surface area contributed by atoms with Crippen molar-refractivity contribution in [2.45, 2.75) is 13.8 Å². The van der Waals surface area contributed by atoms with Gasteiger partial charge in [0.05, 0.1) is 5.52 Å². The van der Waals surface area contributed by atoms with Crippen LogP contribution < -0.4 is 5.32 Å². The second kappa shape index (κ2) is 3.93. The van der Waals surface area contributed by atoms with Crippen LogP contribution in [0.25, 0.3) is 10.9 Å². The molecule has 82 valence electrons. The Bertz CT molecular complexity index is 558. The summed E-state index contributed by atoms with van der Waals surface area (Å²) in [5.74, 6) is 0.432. The molecule has 0 aliphatic heterocycles. The van der Waals surface area contributed by atoms with Crippen LogP contribution in [0.4, 0.5) is 0 Å². The smallest absolute Gasteiger partial charge is 0.125 e. The van der Waals surface area contributed by atoms with Gasteiger partial charge in [-0.1, -0.05) is 18.2 Å². The van der Waals surface area contributed by atoms with Crippen molar-refractivity contribution in [2.24, 2.45) is 0 Å². The summed E-state index contributed by atoms with van der Waals surface area (Å²) < 4.78 is 0. The van der Waals surface area contributed by atoms with Crippen LogP contribution >= 0.6 is 0 Å². The summed E-state index contributed by atoms with van der Waals surface area (Å²) in [5.41, 5.74) is 3.98. The first kappa shape index (κ1) is 10.6. The molecule has 3 nitrogen and oxygen atoms in total. The number of rotatable bonds is 1. The fourth-order valence-electron chi connectivity index (χ4n) is 1.86. The Labute approximate surface area is 95.0 Å². The van der Waals surface area contributed by atoms with Crippen LogP contribution in [0.2, 0.25) is 0 Å². The predicted molar refractivity (Wildman–Crippen MR) is 67.1 cm³/mol. The van der Waals surface area contributed by atoms with Crippen molar-refractivity contribution < 1.29 is 0 Å². The number of hydrogen-bond acceptors (Lipinski definition) is 2. The first-order valence-corrected chi connectivity index (χ1v) is 5.27. The van der Waals surface area contributed by atoms with E-state index in [1.54, 1.807) is 7.05 Å². The third-order valence-electron chi connectivity index (χ3n) is 2.69. The molecule has 1 aromatic carbocycles. The molecule has 2 aromatic rings. The molecule has 2 rings (SSSR count). The van der Waals surface area contributed by atoms with E-state index in [1.165, 1.54) is 0 Å². The Morgan fingerprint density at radius 3 is 2.75 bits per heavy atom. The number of amidine groups is 1. The minimum Gasteiger partial charge on any atom is -0.373 e. The Morgan fingerprint density at radius 1 is 1.31 bits per heavy atom. The molecular formula is C13H15N3. The molecule has 0 saturated carbocycles. The number of benzene rings is 1. The second-order valence-corrected chi connectivity index (χ2v) is 3.91. The lowest BCUT2D eigenvalue weighted by Crippen LogP contribution is -2.18. The molecule has 3 heteroatoms. The van der Waals surface area contributed by atoms with E-state index in [0.29, 0.717) is 5.84 Å². The average Bonchev–Trinajstić information content (AvgIpc) is 2.28. The highest BCUT2D eigenvalue weighted by molar-refractivity contribution is 6.07. The van der Waals surface area contributed by atoms with E-state index in [2.05, 4.69) is 10.3 Å². The predicted octanol–water partition coefficient (Wildman–Crippen LogP) is 2.40. The molecule has 0 aliphatic carbocycles. The third-order valence-corrected chi connectivity index (χ3v) is 2.69. The van der Waals surface area contributed by atoms with Crippen molar-refractivity contribution in [3.8, 4) is 0 Å². The van der Waals surface area contributed by atoms with Gasteiger partial charge in [0.1, 0.15) is 5.84 Å². The monoisotopic (exact) mass is 213 g/mol.